The minimum absolute atomic E-state index is 0.0542. The summed E-state index contributed by atoms with van der Waals surface area (Å²) in [6.45, 7) is 1.21. The van der Waals surface area contributed by atoms with Crippen molar-refractivity contribution in [3.8, 4) is 0 Å². The monoisotopic (exact) mass is 394 g/mol. The molecule has 1 amide bonds. The summed E-state index contributed by atoms with van der Waals surface area (Å²) in [6.07, 6.45) is 6.00. The molecule has 0 spiro atoms. The third-order valence-electron chi connectivity index (χ3n) is 5.15. The van der Waals surface area contributed by atoms with E-state index in [0.717, 1.165) is 12.0 Å². The summed E-state index contributed by atoms with van der Waals surface area (Å²) >= 11 is 1.21. The maximum Gasteiger partial charge on any atom is 0.250 e. The normalized spacial score (nSPS) is 24.0. The van der Waals surface area contributed by atoms with Crippen LogP contribution in [0.1, 0.15) is 30.7 Å². The zero-order chi connectivity index (χ0) is 18.3. The number of carbonyl (C=O) groups excluding carboxylic acids is 1. The van der Waals surface area contributed by atoms with Gasteiger partial charge < -0.3 is 4.90 Å². The highest BCUT2D eigenvalue weighted by Gasteiger charge is 2.46. The number of hydrogen-bond donors (Lipinski definition) is 1. The van der Waals surface area contributed by atoms with Crippen LogP contribution in [0.5, 0.6) is 0 Å². The number of nitrogens with one attached hydrogen (secondary N) is 1. The lowest BCUT2D eigenvalue weighted by atomic mass is 10.1. The maximum atomic E-state index is 12.7. The van der Waals surface area contributed by atoms with Crippen molar-refractivity contribution >= 4 is 27.3 Å². The Labute approximate surface area is 157 Å². The number of aryl methyl sites for hydroxylation is 1. The summed E-state index contributed by atoms with van der Waals surface area (Å²) in [7, 11) is -1.57. The van der Waals surface area contributed by atoms with Gasteiger partial charge in [0.25, 0.3) is 0 Å². The van der Waals surface area contributed by atoms with E-state index in [4.69, 9.17) is 0 Å². The maximum absolute atomic E-state index is 12.7. The minimum Gasteiger partial charge on any atom is -0.342 e. The Balaban J connectivity index is 1.29. The molecule has 2 fully saturated rings. The summed E-state index contributed by atoms with van der Waals surface area (Å²) < 4.78 is 29.5. The van der Waals surface area contributed by atoms with Crippen LogP contribution in [-0.2, 0) is 21.9 Å². The van der Waals surface area contributed by atoms with E-state index in [0.29, 0.717) is 30.1 Å². The number of carbonyl (C=O) groups is 1. The standard InChI is InChI=1S/C17H22N4O3S2/c1-20-11-12(10-18-20)14-9-15(14)17(22)21-6-4-13(5-7-21)19-26(23,24)16-3-2-8-25-16/h2-3,8,10-11,13-15,19H,4-7,9H2,1H3. The summed E-state index contributed by atoms with van der Waals surface area (Å²) in [6, 6.07) is 3.23. The van der Waals surface area contributed by atoms with Crippen LogP contribution in [0.2, 0.25) is 0 Å². The number of piperidine rings is 1. The van der Waals surface area contributed by atoms with Crippen LogP contribution in [0.4, 0.5) is 0 Å². The van der Waals surface area contributed by atoms with Gasteiger partial charge in [-0.05, 0) is 42.2 Å². The second kappa shape index (κ2) is 6.79. The molecule has 1 aliphatic heterocycles. The molecule has 0 radical (unpaired) electrons. The van der Waals surface area contributed by atoms with Crippen LogP contribution in [0, 0.1) is 5.92 Å². The third-order valence-corrected chi connectivity index (χ3v) is 8.07. The molecule has 4 rings (SSSR count). The quantitative estimate of drug-likeness (QED) is 0.834. The number of amides is 1. The fourth-order valence-electron chi connectivity index (χ4n) is 3.61. The number of nitrogens with zero attached hydrogens (tertiary/aromatic N) is 3. The van der Waals surface area contributed by atoms with Crippen LogP contribution < -0.4 is 4.72 Å². The van der Waals surface area contributed by atoms with Gasteiger partial charge in [0.1, 0.15) is 4.21 Å². The van der Waals surface area contributed by atoms with Crippen LogP contribution in [0.3, 0.4) is 0 Å². The molecule has 9 heteroatoms. The molecule has 140 valence electrons. The highest BCUT2D eigenvalue weighted by Crippen LogP contribution is 2.48. The Morgan fingerprint density at radius 1 is 1.35 bits per heavy atom. The van der Waals surface area contributed by atoms with E-state index in [1.807, 2.05) is 24.3 Å². The first kappa shape index (κ1) is 17.7. The SMILES string of the molecule is Cn1cc(C2CC2C(=O)N2CCC(NS(=O)(=O)c3cccs3)CC2)cn1. The van der Waals surface area contributed by atoms with E-state index in [-0.39, 0.29) is 23.8 Å². The summed E-state index contributed by atoms with van der Waals surface area (Å²) in [5.74, 6) is 0.531. The fourth-order valence-corrected chi connectivity index (χ4v) is 5.93. The Morgan fingerprint density at radius 3 is 2.73 bits per heavy atom. The van der Waals surface area contributed by atoms with Crippen LogP contribution in [0.15, 0.2) is 34.1 Å². The van der Waals surface area contributed by atoms with E-state index in [1.54, 1.807) is 22.2 Å². The van der Waals surface area contributed by atoms with E-state index in [9.17, 15) is 13.2 Å². The van der Waals surface area contributed by atoms with Gasteiger partial charge in [-0.3, -0.25) is 9.48 Å². The molecule has 0 aromatic carbocycles. The van der Waals surface area contributed by atoms with E-state index >= 15 is 0 Å². The number of sulfonamides is 1. The van der Waals surface area contributed by atoms with Gasteiger partial charge in [-0.15, -0.1) is 11.3 Å². The molecular weight excluding hydrogens is 372 g/mol. The Hall–Kier alpha value is -1.71. The van der Waals surface area contributed by atoms with Gasteiger partial charge in [0.2, 0.25) is 15.9 Å². The van der Waals surface area contributed by atoms with Crippen molar-refractivity contribution in [2.75, 3.05) is 13.1 Å². The van der Waals surface area contributed by atoms with Gasteiger partial charge in [-0.25, -0.2) is 13.1 Å². The summed E-state index contributed by atoms with van der Waals surface area (Å²) in [5, 5.41) is 5.93. The topological polar surface area (TPSA) is 84.3 Å². The van der Waals surface area contributed by atoms with E-state index < -0.39 is 10.0 Å². The van der Waals surface area contributed by atoms with Gasteiger partial charge in [-0.1, -0.05) is 6.07 Å². The minimum atomic E-state index is -3.44. The smallest absolute Gasteiger partial charge is 0.250 e. The largest absolute Gasteiger partial charge is 0.342 e. The highest BCUT2D eigenvalue weighted by atomic mass is 32.2. The second-order valence-electron chi connectivity index (χ2n) is 7.05. The third kappa shape index (κ3) is 3.56. The molecule has 26 heavy (non-hydrogen) atoms. The van der Waals surface area contributed by atoms with Crippen molar-refractivity contribution in [3.63, 3.8) is 0 Å². The second-order valence-corrected chi connectivity index (χ2v) is 9.94. The van der Waals surface area contributed by atoms with Gasteiger partial charge in [0.15, 0.2) is 0 Å². The van der Waals surface area contributed by atoms with Crippen molar-refractivity contribution in [3.05, 3.63) is 35.5 Å². The van der Waals surface area contributed by atoms with Gasteiger partial charge in [0.05, 0.1) is 6.20 Å². The molecule has 2 atom stereocenters. The average Bonchev–Trinajstić information content (AvgIpc) is 3.01. The molecular formula is C17H22N4O3S2. The van der Waals surface area contributed by atoms with Crippen molar-refractivity contribution in [1.82, 2.24) is 19.4 Å². The lowest BCUT2D eigenvalue weighted by Crippen LogP contribution is -2.46. The lowest BCUT2D eigenvalue weighted by Gasteiger charge is -2.32. The molecule has 1 aliphatic carbocycles. The predicted molar refractivity (Wildman–Crippen MR) is 98.3 cm³/mol. The molecule has 2 aromatic rings. The van der Waals surface area contributed by atoms with Crippen molar-refractivity contribution in [2.45, 2.75) is 35.4 Å². The van der Waals surface area contributed by atoms with Crippen molar-refractivity contribution < 1.29 is 13.2 Å². The lowest BCUT2D eigenvalue weighted by molar-refractivity contribution is -0.133. The van der Waals surface area contributed by atoms with E-state index in [1.165, 1.54) is 11.3 Å². The van der Waals surface area contributed by atoms with Gasteiger partial charge in [-0.2, -0.15) is 5.10 Å². The van der Waals surface area contributed by atoms with E-state index in [2.05, 4.69) is 9.82 Å². The number of rotatable bonds is 5. The van der Waals surface area contributed by atoms with Gasteiger partial charge >= 0.3 is 0 Å². The van der Waals surface area contributed by atoms with Gasteiger partial charge in [0, 0.05) is 38.3 Å². The molecule has 7 nitrogen and oxygen atoms in total. The van der Waals surface area contributed by atoms with Crippen LogP contribution in [0.25, 0.3) is 0 Å². The van der Waals surface area contributed by atoms with Crippen LogP contribution >= 0.6 is 11.3 Å². The molecule has 0 bridgehead atoms. The molecule has 1 saturated carbocycles. The summed E-state index contributed by atoms with van der Waals surface area (Å²) in [5.41, 5.74) is 1.13. The Kier molecular flexibility index (Phi) is 4.62. The molecule has 2 aromatic heterocycles. The molecule has 1 N–H and O–H groups in total. The highest BCUT2D eigenvalue weighted by molar-refractivity contribution is 7.91. The van der Waals surface area contributed by atoms with Crippen molar-refractivity contribution in [1.29, 1.82) is 0 Å². The fraction of sp³-hybridized carbons (Fsp3) is 0.529. The van der Waals surface area contributed by atoms with Crippen LogP contribution in [-0.4, -0.2) is 48.1 Å². The Morgan fingerprint density at radius 2 is 2.12 bits per heavy atom. The first-order valence-electron chi connectivity index (χ1n) is 8.77. The average molecular weight is 395 g/mol. The number of aromatic nitrogens is 2. The molecule has 2 unspecified atom stereocenters. The predicted octanol–water partition coefficient (Wildman–Crippen LogP) is 1.55. The zero-order valence-electron chi connectivity index (χ0n) is 14.5. The summed E-state index contributed by atoms with van der Waals surface area (Å²) in [4.78, 5) is 14.6. The zero-order valence-corrected chi connectivity index (χ0v) is 16.2. The molecule has 2 aliphatic rings. The number of hydrogen-bond acceptors (Lipinski definition) is 5. The number of likely N-dealkylation sites (tertiary alicyclic amines) is 1. The Bertz CT molecular complexity index is 883. The van der Waals surface area contributed by atoms with Crippen molar-refractivity contribution in [2.24, 2.45) is 13.0 Å². The molecule has 3 heterocycles. The molecule has 1 saturated heterocycles. The first-order chi connectivity index (χ1) is 12.4. The first-order valence-corrected chi connectivity index (χ1v) is 11.1. The number of thiophene rings is 1.